The van der Waals surface area contributed by atoms with E-state index in [0.29, 0.717) is 12.1 Å². The van der Waals surface area contributed by atoms with E-state index in [0.717, 1.165) is 27.4 Å². The lowest BCUT2D eigenvalue weighted by molar-refractivity contribution is -0.140. The zero-order chi connectivity index (χ0) is 28.6. The molecule has 3 rings (SSSR count). The molecule has 1 N–H and O–H groups in total. The first-order chi connectivity index (χ1) is 18.6. The Morgan fingerprint density at radius 2 is 1.49 bits per heavy atom. The number of hydrogen-bond acceptors (Lipinski definition) is 4. The van der Waals surface area contributed by atoms with Crippen LogP contribution in [0.3, 0.4) is 0 Å². The summed E-state index contributed by atoms with van der Waals surface area (Å²) in [6.45, 7) is 9.25. The molecule has 0 spiro atoms. The van der Waals surface area contributed by atoms with Crippen molar-refractivity contribution < 1.29 is 18.0 Å². The Bertz CT molecular complexity index is 1360. The van der Waals surface area contributed by atoms with Gasteiger partial charge in [-0.25, -0.2) is 8.42 Å². The summed E-state index contributed by atoms with van der Waals surface area (Å²) >= 11 is 0. The van der Waals surface area contributed by atoms with E-state index < -0.39 is 28.5 Å². The Kier molecular flexibility index (Phi) is 10.3. The standard InChI is InChI=1S/C31H39N3O4S/c1-6-25(5)32-31(36)28(7-2)33(21-26-14-10-8-11-15-26)30(35)22-34(29-19-18-23(3)20-24(29)4)39(37,38)27-16-12-9-13-17-27/h8-20,25,28H,6-7,21-22H2,1-5H3,(H,32,36)/t25-,28-/m0/s1. The normalized spacial score (nSPS) is 12.8. The molecule has 7 nitrogen and oxygen atoms in total. The zero-order valence-corrected chi connectivity index (χ0v) is 24.2. The van der Waals surface area contributed by atoms with E-state index in [1.165, 1.54) is 17.0 Å². The van der Waals surface area contributed by atoms with E-state index >= 15 is 0 Å². The van der Waals surface area contributed by atoms with Gasteiger partial charge in [0.05, 0.1) is 10.6 Å². The second-order valence-electron chi connectivity index (χ2n) is 9.86. The first-order valence-corrected chi connectivity index (χ1v) is 14.8. The van der Waals surface area contributed by atoms with E-state index in [4.69, 9.17) is 0 Å². The fraction of sp³-hybridized carbons (Fsp3) is 0.355. The molecule has 0 bridgehead atoms. The van der Waals surface area contributed by atoms with Gasteiger partial charge in [-0.1, -0.05) is 80.1 Å². The topological polar surface area (TPSA) is 86.8 Å². The van der Waals surface area contributed by atoms with Gasteiger partial charge in [0.25, 0.3) is 10.0 Å². The Hall–Kier alpha value is -3.65. The average molecular weight is 550 g/mol. The first-order valence-electron chi connectivity index (χ1n) is 13.4. The van der Waals surface area contributed by atoms with Gasteiger partial charge in [-0.2, -0.15) is 0 Å². The van der Waals surface area contributed by atoms with Gasteiger partial charge in [0, 0.05) is 12.6 Å². The molecule has 0 aliphatic rings. The molecule has 0 aromatic heterocycles. The van der Waals surface area contributed by atoms with Gasteiger partial charge >= 0.3 is 0 Å². The molecule has 208 valence electrons. The van der Waals surface area contributed by atoms with Crippen LogP contribution in [0.2, 0.25) is 0 Å². The van der Waals surface area contributed by atoms with Crippen molar-refractivity contribution in [2.75, 3.05) is 10.8 Å². The summed E-state index contributed by atoms with van der Waals surface area (Å²) in [5, 5.41) is 2.99. The van der Waals surface area contributed by atoms with Crippen molar-refractivity contribution in [2.24, 2.45) is 0 Å². The number of amides is 2. The van der Waals surface area contributed by atoms with Crippen molar-refractivity contribution in [3.8, 4) is 0 Å². The van der Waals surface area contributed by atoms with Crippen molar-refractivity contribution in [3.05, 3.63) is 95.6 Å². The van der Waals surface area contributed by atoms with Crippen LogP contribution < -0.4 is 9.62 Å². The van der Waals surface area contributed by atoms with E-state index in [2.05, 4.69) is 5.32 Å². The van der Waals surface area contributed by atoms with Gasteiger partial charge < -0.3 is 10.2 Å². The van der Waals surface area contributed by atoms with E-state index in [1.54, 1.807) is 24.3 Å². The number of hydrogen-bond donors (Lipinski definition) is 1. The number of sulfonamides is 1. The van der Waals surface area contributed by atoms with Gasteiger partial charge in [-0.15, -0.1) is 0 Å². The van der Waals surface area contributed by atoms with E-state index in [9.17, 15) is 18.0 Å². The summed E-state index contributed by atoms with van der Waals surface area (Å²) in [5.41, 5.74) is 3.00. The van der Waals surface area contributed by atoms with Crippen molar-refractivity contribution >= 4 is 27.5 Å². The predicted octanol–water partition coefficient (Wildman–Crippen LogP) is 5.22. The minimum Gasteiger partial charge on any atom is -0.352 e. The maximum atomic E-state index is 14.1. The summed E-state index contributed by atoms with van der Waals surface area (Å²) in [5.74, 6) is -0.704. The lowest BCUT2D eigenvalue weighted by atomic mass is 10.1. The second-order valence-corrected chi connectivity index (χ2v) is 11.7. The Labute approximate surface area is 232 Å². The number of nitrogens with zero attached hydrogens (tertiary/aromatic N) is 2. The summed E-state index contributed by atoms with van der Waals surface area (Å²) in [6.07, 6.45) is 1.14. The molecule has 0 saturated carbocycles. The molecule has 0 heterocycles. The van der Waals surface area contributed by atoms with Gasteiger partial charge in [0.2, 0.25) is 11.8 Å². The van der Waals surface area contributed by atoms with Crippen molar-refractivity contribution in [3.63, 3.8) is 0 Å². The summed E-state index contributed by atoms with van der Waals surface area (Å²) in [7, 11) is -4.08. The second kappa shape index (κ2) is 13.4. The third-order valence-corrected chi connectivity index (χ3v) is 8.59. The molecule has 0 radical (unpaired) electrons. The molecule has 2 amide bonds. The van der Waals surface area contributed by atoms with Gasteiger partial charge in [-0.3, -0.25) is 13.9 Å². The number of carbonyl (C=O) groups excluding carboxylic acids is 2. The average Bonchev–Trinajstić information content (AvgIpc) is 2.92. The third kappa shape index (κ3) is 7.47. The van der Waals surface area contributed by atoms with Crippen molar-refractivity contribution in [2.45, 2.75) is 71.0 Å². The smallest absolute Gasteiger partial charge is 0.264 e. The van der Waals surface area contributed by atoms with Crippen LogP contribution in [0.15, 0.2) is 83.8 Å². The zero-order valence-electron chi connectivity index (χ0n) is 23.4. The number of anilines is 1. The van der Waals surface area contributed by atoms with Crippen LogP contribution in [0.1, 0.15) is 50.3 Å². The lowest BCUT2D eigenvalue weighted by Crippen LogP contribution is -2.53. The van der Waals surface area contributed by atoms with Crippen LogP contribution in [0.25, 0.3) is 0 Å². The number of carbonyl (C=O) groups is 2. The molecular formula is C31H39N3O4S. The number of benzene rings is 3. The largest absolute Gasteiger partial charge is 0.352 e. The molecule has 0 unspecified atom stereocenters. The van der Waals surface area contributed by atoms with Crippen LogP contribution in [0, 0.1) is 13.8 Å². The molecule has 0 aliphatic heterocycles. The highest BCUT2D eigenvalue weighted by Crippen LogP contribution is 2.28. The molecule has 3 aromatic carbocycles. The maximum absolute atomic E-state index is 14.1. The number of rotatable bonds is 12. The summed E-state index contributed by atoms with van der Waals surface area (Å²) in [4.78, 5) is 29.0. The van der Waals surface area contributed by atoms with Crippen LogP contribution in [-0.4, -0.2) is 43.8 Å². The summed E-state index contributed by atoms with van der Waals surface area (Å²) in [6, 6.07) is 22.2. The first kappa shape index (κ1) is 29.9. The molecule has 0 fully saturated rings. The van der Waals surface area contributed by atoms with Crippen LogP contribution in [0.4, 0.5) is 5.69 Å². The lowest BCUT2D eigenvalue weighted by Gasteiger charge is -2.34. The fourth-order valence-electron chi connectivity index (χ4n) is 4.46. The van der Waals surface area contributed by atoms with Gasteiger partial charge in [0.1, 0.15) is 12.6 Å². The van der Waals surface area contributed by atoms with E-state index in [1.807, 2.05) is 77.1 Å². The van der Waals surface area contributed by atoms with Crippen molar-refractivity contribution in [1.82, 2.24) is 10.2 Å². The fourth-order valence-corrected chi connectivity index (χ4v) is 5.96. The van der Waals surface area contributed by atoms with Gasteiger partial charge in [0.15, 0.2) is 0 Å². The minimum absolute atomic E-state index is 0.0506. The molecular weight excluding hydrogens is 510 g/mol. The molecule has 2 atom stereocenters. The molecule has 0 saturated heterocycles. The highest BCUT2D eigenvalue weighted by molar-refractivity contribution is 7.92. The Morgan fingerprint density at radius 3 is 2.05 bits per heavy atom. The van der Waals surface area contributed by atoms with Gasteiger partial charge in [-0.05, 0) is 62.9 Å². The predicted molar refractivity (Wildman–Crippen MR) is 156 cm³/mol. The quantitative estimate of drug-likeness (QED) is 0.336. The molecule has 3 aromatic rings. The summed E-state index contributed by atoms with van der Waals surface area (Å²) < 4.78 is 29.0. The Morgan fingerprint density at radius 1 is 0.872 bits per heavy atom. The molecule has 39 heavy (non-hydrogen) atoms. The highest BCUT2D eigenvalue weighted by atomic mass is 32.2. The maximum Gasteiger partial charge on any atom is 0.264 e. The highest BCUT2D eigenvalue weighted by Gasteiger charge is 2.34. The van der Waals surface area contributed by atoms with Crippen LogP contribution >= 0.6 is 0 Å². The Balaban J connectivity index is 2.07. The van der Waals surface area contributed by atoms with Crippen molar-refractivity contribution in [1.29, 1.82) is 0 Å². The number of aryl methyl sites for hydroxylation is 2. The minimum atomic E-state index is -4.08. The monoisotopic (exact) mass is 549 g/mol. The molecule has 0 aliphatic carbocycles. The SMILES string of the molecule is CC[C@H](C)NC(=O)[C@H](CC)N(Cc1ccccc1)C(=O)CN(c1ccc(C)cc1C)S(=O)(=O)c1ccccc1. The van der Waals surface area contributed by atoms with Crippen LogP contribution in [-0.2, 0) is 26.2 Å². The third-order valence-electron chi connectivity index (χ3n) is 6.81. The van der Waals surface area contributed by atoms with E-state index in [-0.39, 0.29) is 23.4 Å². The number of nitrogens with one attached hydrogen (secondary N) is 1. The van der Waals surface area contributed by atoms with Crippen LogP contribution in [0.5, 0.6) is 0 Å². The molecule has 8 heteroatoms.